The van der Waals surface area contributed by atoms with Crippen molar-refractivity contribution in [1.29, 1.82) is 0 Å². The number of aromatic nitrogens is 1. The number of carbonyl (C=O) groups excluding carboxylic acids is 1. The van der Waals surface area contributed by atoms with Crippen LogP contribution in [0.3, 0.4) is 0 Å². The van der Waals surface area contributed by atoms with Crippen molar-refractivity contribution in [2.75, 3.05) is 0 Å². The summed E-state index contributed by atoms with van der Waals surface area (Å²) in [6.45, 7) is 0.399. The van der Waals surface area contributed by atoms with E-state index in [0.29, 0.717) is 17.8 Å². The van der Waals surface area contributed by atoms with Gasteiger partial charge in [-0.2, -0.15) is 13.2 Å². The van der Waals surface area contributed by atoms with E-state index in [4.69, 9.17) is 5.11 Å². The molecule has 1 aromatic heterocycles. The second-order valence-corrected chi connectivity index (χ2v) is 4.65. The molecule has 0 aliphatic carbocycles. The number of hydrogen-bond donors (Lipinski definition) is 3. The van der Waals surface area contributed by atoms with E-state index in [1.54, 1.807) is 24.3 Å². The summed E-state index contributed by atoms with van der Waals surface area (Å²) < 4.78 is 38.5. The van der Waals surface area contributed by atoms with Gasteiger partial charge in [0.2, 0.25) is 5.54 Å². The molecule has 8 heteroatoms. The quantitative estimate of drug-likeness (QED) is 0.813. The molecule has 0 saturated carbocycles. The molecule has 0 spiro atoms. The normalized spacial score (nSPS) is 14.7. The molecule has 1 amide bonds. The highest BCUT2D eigenvalue weighted by Crippen LogP contribution is 2.30. The smallest absolute Gasteiger partial charge is 0.422 e. The molecule has 3 N–H and O–H groups in total. The predicted octanol–water partition coefficient (Wildman–Crippen LogP) is 2.30. The number of para-hydroxylation sites is 1. The lowest BCUT2D eigenvalue weighted by atomic mass is 10.0. The maximum atomic E-state index is 12.8. The number of carbonyl (C=O) groups is 2. The Balaban J connectivity index is 2.33. The summed E-state index contributed by atoms with van der Waals surface area (Å²) in [6, 6.07) is 8.06. The van der Waals surface area contributed by atoms with Crippen molar-refractivity contribution in [3.8, 4) is 0 Å². The van der Waals surface area contributed by atoms with Gasteiger partial charge in [0, 0.05) is 10.9 Å². The van der Waals surface area contributed by atoms with Crippen molar-refractivity contribution in [1.82, 2.24) is 10.3 Å². The third-order valence-electron chi connectivity index (χ3n) is 3.13. The van der Waals surface area contributed by atoms with Crippen LogP contribution in [0.25, 0.3) is 10.9 Å². The molecule has 0 fully saturated rings. The van der Waals surface area contributed by atoms with Crippen LogP contribution in [0.2, 0.25) is 0 Å². The SMILES string of the molecule is CC(NC(=O)c1cc2ccccc2[nH]1)(C(=O)O)C(F)(F)F. The number of nitrogens with one attached hydrogen (secondary N) is 2. The van der Waals surface area contributed by atoms with Gasteiger partial charge in [-0.25, -0.2) is 4.79 Å². The molecule has 0 aliphatic heterocycles. The average molecular weight is 300 g/mol. The molecule has 0 aliphatic rings. The van der Waals surface area contributed by atoms with E-state index in [1.807, 2.05) is 0 Å². The third-order valence-corrected chi connectivity index (χ3v) is 3.13. The Morgan fingerprint density at radius 1 is 1.24 bits per heavy atom. The van der Waals surface area contributed by atoms with Crippen LogP contribution in [0, 0.1) is 0 Å². The summed E-state index contributed by atoms with van der Waals surface area (Å²) >= 11 is 0. The molecule has 21 heavy (non-hydrogen) atoms. The number of rotatable bonds is 3. The van der Waals surface area contributed by atoms with Crippen LogP contribution in [0.15, 0.2) is 30.3 Å². The van der Waals surface area contributed by atoms with Crippen molar-refractivity contribution in [2.24, 2.45) is 0 Å². The van der Waals surface area contributed by atoms with Gasteiger partial charge in [0.25, 0.3) is 5.91 Å². The van der Waals surface area contributed by atoms with E-state index >= 15 is 0 Å². The molecule has 0 bridgehead atoms. The summed E-state index contributed by atoms with van der Waals surface area (Å²) in [5, 5.41) is 10.9. The fourth-order valence-corrected chi connectivity index (χ4v) is 1.74. The number of halogens is 3. The minimum atomic E-state index is -5.12. The predicted molar refractivity (Wildman–Crippen MR) is 67.9 cm³/mol. The van der Waals surface area contributed by atoms with Crippen LogP contribution in [0.5, 0.6) is 0 Å². The topological polar surface area (TPSA) is 82.2 Å². The van der Waals surface area contributed by atoms with Crippen LogP contribution in [0.1, 0.15) is 17.4 Å². The Kier molecular flexibility index (Phi) is 3.40. The van der Waals surface area contributed by atoms with Gasteiger partial charge >= 0.3 is 12.1 Å². The highest BCUT2D eigenvalue weighted by atomic mass is 19.4. The summed E-state index contributed by atoms with van der Waals surface area (Å²) in [5.74, 6) is -3.33. The first-order valence-electron chi connectivity index (χ1n) is 5.85. The number of H-pyrrole nitrogens is 1. The van der Waals surface area contributed by atoms with Crippen molar-refractivity contribution >= 4 is 22.8 Å². The number of hydrogen-bond acceptors (Lipinski definition) is 2. The average Bonchev–Trinajstić information content (AvgIpc) is 2.80. The van der Waals surface area contributed by atoms with Gasteiger partial charge in [-0.05, 0) is 19.1 Å². The molecule has 2 rings (SSSR count). The molecule has 1 heterocycles. The molecule has 1 unspecified atom stereocenters. The standard InChI is InChI=1S/C13H11F3N2O3/c1-12(11(20)21,13(14,15)16)18-10(19)9-6-7-4-2-3-5-8(7)17-9/h2-6,17H,1H3,(H,18,19)(H,20,21). The number of aliphatic carboxylic acids is 1. The van der Waals surface area contributed by atoms with Gasteiger partial charge in [-0.15, -0.1) is 0 Å². The highest BCUT2D eigenvalue weighted by Gasteiger charge is 2.58. The first-order chi connectivity index (χ1) is 9.65. The first-order valence-corrected chi connectivity index (χ1v) is 5.85. The number of aromatic amines is 1. The Morgan fingerprint density at radius 3 is 2.38 bits per heavy atom. The Labute approximate surface area is 116 Å². The molecule has 0 radical (unpaired) electrons. The first kappa shape index (κ1) is 14.9. The lowest BCUT2D eigenvalue weighted by Gasteiger charge is -2.28. The molecule has 2 aromatic rings. The maximum Gasteiger partial charge on any atom is 0.422 e. The number of alkyl halides is 3. The van der Waals surface area contributed by atoms with E-state index in [0.717, 1.165) is 0 Å². The summed E-state index contributed by atoms with van der Waals surface area (Å²) in [6.07, 6.45) is -5.12. The minimum absolute atomic E-state index is 0.145. The van der Waals surface area contributed by atoms with Gasteiger partial charge in [0.15, 0.2) is 0 Å². The van der Waals surface area contributed by atoms with E-state index in [2.05, 4.69) is 4.98 Å². The number of amides is 1. The van der Waals surface area contributed by atoms with Crippen molar-refractivity contribution in [2.45, 2.75) is 18.6 Å². The van der Waals surface area contributed by atoms with Crippen LogP contribution in [-0.4, -0.2) is 33.7 Å². The summed E-state index contributed by atoms with van der Waals surface area (Å²) in [5.41, 5.74) is -2.94. The lowest BCUT2D eigenvalue weighted by molar-refractivity contribution is -0.203. The van der Waals surface area contributed by atoms with E-state index in [9.17, 15) is 22.8 Å². The molecular weight excluding hydrogens is 289 g/mol. The lowest BCUT2D eigenvalue weighted by Crippen LogP contribution is -2.61. The molecule has 1 atom stereocenters. The Morgan fingerprint density at radius 2 is 1.86 bits per heavy atom. The minimum Gasteiger partial charge on any atom is -0.479 e. The second kappa shape index (κ2) is 4.80. The van der Waals surface area contributed by atoms with Gasteiger partial charge in [0.05, 0.1) is 0 Å². The Bertz CT molecular complexity index is 675. The van der Waals surface area contributed by atoms with Crippen molar-refractivity contribution < 1.29 is 27.9 Å². The number of fused-ring (bicyclic) bond motifs is 1. The summed E-state index contributed by atoms with van der Waals surface area (Å²) in [7, 11) is 0. The molecule has 0 saturated heterocycles. The van der Waals surface area contributed by atoms with E-state index < -0.39 is 23.6 Å². The Hall–Kier alpha value is -2.51. The molecule has 5 nitrogen and oxygen atoms in total. The van der Waals surface area contributed by atoms with Crippen molar-refractivity contribution in [3.63, 3.8) is 0 Å². The zero-order valence-corrected chi connectivity index (χ0v) is 10.8. The third kappa shape index (κ3) is 2.56. The monoisotopic (exact) mass is 300 g/mol. The van der Waals surface area contributed by atoms with Crippen molar-refractivity contribution in [3.05, 3.63) is 36.0 Å². The number of benzene rings is 1. The van der Waals surface area contributed by atoms with Gasteiger partial charge in [0.1, 0.15) is 5.69 Å². The molecule has 112 valence electrons. The molecule has 1 aromatic carbocycles. The fraction of sp³-hybridized carbons (Fsp3) is 0.231. The second-order valence-electron chi connectivity index (χ2n) is 4.65. The molecular formula is C13H11F3N2O3. The maximum absolute atomic E-state index is 12.8. The summed E-state index contributed by atoms with van der Waals surface area (Å²) in [4.78, 5) is 25.4. The zero-order valence-electron chi connectivity index (χ0n) is 10.8. The van der Waals surface area contributed by atoms with Gasteiger partial charge in [-0.1, -0.05) is 18.2 Å². The van der Waals surface area contributed by atoms with Crippen LogP contribution in [0.4, 0.5) is 13.2 Å². The zero-order chi connectivity index (χ0) is 15.8. The number of carboxylic acids is 1. The highest BCUT2D eigenvalue weighted by molar-refractivity contribution is 6.00. The van der Waals surface area contributed by atoms with E-state index in [1.165, 1.54) is 11.4 Å². The fourth-order valence-electron chi connectivity index (χ4n) is 1.74. The van der Waals surface area contributed by atoms with Crippen LogP contribution < -0.4 is 5.32 Å². The van der Waals surface area contributed by atoms with Crippen LogP contribution in [-0.2, 0) is 4.79 Å². The van der Waals surface area contributed by atoms with Gasteiger partial charge < -0.3 is 15.4 Å². The van der Waals surface area contributed by atoms with E-state index in [-0.39, 0.29) is 5.69 Å². The largest absolute Gasteiger partial charge is 0.479 e. The van der Waals surface area contributed by atoms with Gasteiger partial charge in [-0.3, -0.25) is 4.79 Å². The van der Waals surface area contributed by atoms with Crippen LogP contribution >= 0.6 is 0 Å². The number of carboxylic acid groups (broad SMARTS) is 1.